The number of nitrogens with zero attached hydrogens (tertiary/aromatic N) is 3. The fraction of sp³-hybridized carbons (Fsp3) is 0.267. The molecule has 0 spiro atoms. The number of rotatable bonds is 2. The van der Waals surface area contributed by atoms with Crippen molar-refractivity contribution in [3.8, 4) is 0 Å². The average molecular weight is 308 g/mol. The molecule has 0 atom stereocenters. The Morgan fingerprint density at radius 2 is 1.71 bits per heavy atom. The smallest absolute Gasteiger partial charge is 0.238 e. The third kappa shape index (κ3) is 3.55. The summed E-state index contributed by atoms with van der Waals surface area (Å²) in [6.07, 6.45) is 0. The van der Waals surface area contributed by atoms with Crippen molar-refractivity contribution in [3.05, 3.63) is 47.4 Å². The normalized spacial score (nSPS) is 11.3. The molecule has 2 rings (SSSR count). The van der Waals surface area contributed by atoms with E-state index in [0.29, 0.717) is 11.5 Å². The Hall–Kier alpha value is -2.01. The minimum absolute atomic E-state index is 0.175. The highest BCUT2D eigenvalue weighted by atomic mass is 35.5. The van der Waals surface area contributed by atoms with Gasteiger partial charge in [-0.15, -0.1) is 10.2 Å². The summed E-state index contributed by atoms with van der Waals surface area (Å²) in [7, 11) is 0. The number of anilines is 2. The third-order valence-corrected chi connectivity index (χ3v) is 2.98. The van der Waals surface area contributed by atoms with Gasteiger partial charge in [0.25, 0.3) is 0 Å². The summed E-state index contributed by atoms with van der Waals surface area (Å²) in [5.74, 6) is -0.208. The van der Waals surface area contributed by atoms with Crippen LogP contribution in [0.15, 0.2) is 36.4 Å². The monoisotopic (exact) mass is 307 g/mol. The van der Waals surface area contributed by atoms with Gasteiger partial charge in [0.15, 0.2) is 11.0 Å². The summed E-state index contributed by atoms with van der Waals surface area (Å²) < 4.78 is 13.1. The van der Waals surface area contributed by atoms with Crippen LogP contribution in [0.2, 0.25) is 5.15 Å². The van der Waals surface area contributed by atoms with Gasteiger partial charge in [0.2, 0.25) is 5.91 Å². The molecule has 0 N–H and O–H groups in total. The predicted molar refractivity (Wildman–Crippen MR) is 80.0 cm³/mol. The number of benzene rings is 1. The van der Waals surface area contributed by atoms with Gasteiger partial charge in [0.1, 0.15) is 5.82 Å². The van der Waals surface area contributed by atoms with E-state index < -0.39 is 5.41 Å². The summed E-state index contributed by atoms with van der Waals surface area (Å²) in [6, 6.07) is 8.78. The Labute approximate surface area is 127 Å². The molecule has 21 heavy (non-hydrogen) atoms. The van der Waals surface area contributed by atoms with Crippen molar-refractivity contribution in [1.29, 1.82) is 0 Å². The molecular weight excluding hydrogens is 293 g/mol. The molecule has 1 amide bonds. The largest absolute Gasteiger partial charge is 0.273 e. The lowest BCUT2D eigenvalue weighted by Gasteiger charge is -2.28. The Bertz CT molecular complexity index is 590. The van der Waals surface area contributed by atoms with E-state index in [1.807, 2.05) is 0 Å². The zero-order valence-electron chi connectivity index (χ0n) is 12.0. The van der Waals surface area contributed by atoms with Gasteiger partial charge in [0, 0.05) is 5.41 Å². The average Bonchev–Trinajstić information content (AvgIpc) is 2.42. The van der Waals surface area contributed by atoms with Gasteiger partial charge in [0.05, 0.1) is 5.69 Å². The van der Waals surface area contributed by atoms with Gasteiger partial charge >= 0.3 is 0 Å². The van der Waals surface area contributed by atoms with Gasteiger partial charge < -0.3 is 0 Å². The van der Waals surface area contributed by atoms with Crippen molar-refractivity contribution >= 4 is 29.0 Å². The summed E-state index contributed by atoms with van der Waals surface area (Å²) in [4.78, 5) is 14.1. The van der Waals surface area contributed by atoms with Gasteiger partial charge in [-0.1, -0.05) is 32.4 Å². The topological polar surface area (TPSA) is 46.1 Å². The molecule has 0 aliphatic rings. The van der Waals surface area contributed by atoms with Crippen LogP contribution in [0.3, 0.4) is 0 Å². The van der Waals surface area contributed by atoms with Gasteiger partial charge in [-0.25, -0.2) is 4.39 Å². The van der Waals surface area contributed by atoms with Crippen LogP contribution in [0.4, 0.5) is 15.9 Å². The lowest BCUT2D eigenvalue weighted by molar-refractivity contribution is -0.125. The van der Waals surface area contributed by atoms with E-state index >= 15 is 0 Å². The molecule has 4 nitrogen and oxygen atoms in total. The fourth-order valence-corrected chi connectivity index (χ4v) is 1.81. The molecule has 1 aromatic carbocycles. The zero-order chi connectivity index (χ0) is 15.6. The number of hydrogen-bond donors (Lipinski definition) is 0. The van der Waals surface area contributed by atoms with Crippen molar-refractivity contribution in [2.75, 3.05) is 4.90 Å². The predicted octanol–water partition coefficient (Wildman–Crippen LogP) is 3.98. The van der Waals surface area contributed by atoms with Crippen LogP contribution >= 0.6 is 11.6 Å². The second-order valence-electron chi connectivity index (χ2n) is 5.58. The second kappa shape index (κ2) is 5.77. The van der Waals surface area contributed by atoms with E-state index in [2.05, 4.69) is 10.2 Å². The highest BCUT2D eigenvalue weighted by molar-refractivity contribution is 6.29. The molecule has 2 aromatic rings. The number of halogens is 2. The lowest BCUT2D eigenvalue weighted by Crippen LogP contribution is -2.36. The first-order valence-corrected chi connectivity index (χ1v) is 6.76. The first kappa shape index (κ1) is 15.4. The molecule has 0 aliphatic carbocycles. The fourth-order valence-electron chi connectivity index (χ4n) is 1.71. The minimum Gasteiger partial charge on any atom is -0.273 e. The second-order valence-corrected chi connectivity index (χ2v) is 5.97. The van der Waals surface area contributed by atoms with E-state index in [-0.39, 0.29) is 16.9 Å². The molecule has 0 unspecified atom stereocenters. The Morgan fingerprint density at radius 1 is 1.10 bits per heavy atom. The molecule has 1 aromatic heterocycles. The van der Waals surface area contributed by atoms with Gasteiger partial charge in [-0.3, -0.25) is 9.69 Å². The summed E-state index contributed by atoms with van der Waals surface area (Å²) in [6.45, 7) is 5.40. The lowest BCUT2D eigenvalue weighted by atomic mass is 9.94. The summed E-state index contributed by atoms with van der Waals surface area (Å²) in [5.41, 5.74) is -0.108. The standard InChI is InChI=1S/C15H15ClFN3O/c1-15(2,3)14(21)20(11-6-4-10(17)5-7-11)13-9-8-12(16)18-19-13/h4-9H,1-3H3. The van der Waals surface area contributed by atoms with Crippen LogP contribution in [-0.2, 0) is 4.79 Å². The van der Waals surface area contributed by atoms with Gasteiger partial charge in [-0.05, 0) is 36.4 Å². The number of aromatic nitrogens is 2. The summed E-state index contributed by atoms with van der Waals surface area (Å²) in [5, 5.41) is 7.93. The highest BCUT2D eigenvalue weighted by Crippen LogP contribution is 2.29. The van der Waals surface area contributed by atoms with Crippen molar-refractivity contribution < 1.29 is 9.18 Å². The number of carbonyl (C=O) groups excluding carboxylic acids is 1. The molecule has 0 fully saturated rings. The molecule has 0 saturated carbocycles. The first-order chi connectivity index (χ1) is 9.79. The molecule has 1 heterocycles. The van der Waals surface area contributed by atoms with E-state index in [9.17, 15) is 9.18 Å². The maximum absolute atomic E-state index is 13.1. The quantitative estimate of drug-likeness (QED) is 0.843. The van der Waals surface area contributed by atoms with E-state index in [1.54, 1.807) is 32.9 Å². The molecule has 110 valence electrons. The number of carbonyl (C=O) groups is 1. The Kier molecular flexibility index (Phi) is 4.23. The summed E-state index contributed by atoms with van der Waals surface area (Å²) >= 11 is 5.73. The maximum Gasteiger partial charge on any atom is 0.238 e. The molecule has 0 aliphatic heterocycles. The van der Waals surface area contributed by atoms with Crippen LogP contribution in [-0.4, -0.2) is 16.1 Å². The van der Waals surface area contributed by atoms with E-state index in [1.165, 1.54) is 29.2 Å². The Balaban J connectivity index is 2.51. The van der Waals surface area contributed by atoms with Crippen molar-refractivity contribution in [1.82, 2.24) is 10.2 Å². The van der Waals surface area contributed by atoms with Crippen molar-refractivity contribution in [3.63, 3.8) is 0 Å². The zero-order valence-corrected chi connectivity index (χ0v) is 12.7. The molecule has 0 saturated heterocycles. The van der Waals surface area contributed by atoms with Crippen molar-refractivity contribution in [2.24, 2.45) is 5.41 Å². The van der Waals surface area contributed by atoms with Crippen LogP contribution in [0, 0.1) is 11.2 Å². The van der Waals surface area contributed by atoms with Crippen LogP contribution in [0.1, 0.15) is 20.8 Å². The highest BCUT2D eigenvalue weighted by Gasteiger charge is 2.30. The van der Waals surface area contributed by atoms with Crippen LogP contribution in [0.25, 0.3) is 0 Å². The number of amides is 1. The van der Waals surface area contributed by atoms with Crippen molar-refractivity contribution in [2.45, 2.75) is 20.8 Å². The van der Waals surface area contributed by atoms with Crippen LogP contribution < -0.4 is 4.90 Å². The molecule has 0 bridgehead atoms. The van der Waals surface area contributed by atoms with Crippen LogP contribution in [0.5, 0.6) is 0 Å². The van der Waals surface area contributed by atoms with E-state index in [4.69, 9.17) is 11.6 Å². The molecular formula is C15H15ClFN3O. The first-order valence-electron chi connectivity index (χ1n) is 6.38. The molecule has 6 heteroatoms. The minimum atomic E-state index is -0.629. The number of hydrogen-bond acceptors (Lipinski definition) is 3. The van der Waals surface area contributed by atoms with Gasteiger partial charge in [-0.2, -0.15) is 0 Å². The third-order valence-electron chi connectivity index (χ3n) is 2.78. The van der Waals surface area contributed by atoms with E-state index in [0.717, 1.165) is 0 Å². The maximum atomic E-state index is 13.1. The molecule has 0 radical (unpaired) electrons. The Morgan fingerprint density at radius 3 is 2.19 bits per heavy atom. The SMILES string of the molecule is CC(C)(C)C(=O)N(c1ccc(F)cc1)c1ccc(Cl)nn1.